The largest absolute Gasteiger partial charge is 0.392 e. The molecule has 0 unspecified atom stereocenters. The van der Waals surface area contributed by atoms with Gasteiger partial charge in [0.25, 0.3) is 0 Å². The number of rotatable bonds is 4. The van der Waals surface area contributed by atoms with E-state index >= 15 is 0 Å². The lowest BCUT2D eigenvalue weighted by Crippen LogP contribution is -2.43. The van der Waals surface area contributed by atoms with Gasteiger partial charge >= 0.3 is 0 Å². The predicted molar refractivity (Wildman–Crippen MR) is 90.2 cm³/mol. The Morgan fingerprint density at radius 3 is 2.00 bits per heavy atom. The molecule has 1 rings (SSSR count). The number of aliphatic hydroxyl groups excluding tert-OH is 1. The molecule has 1 nitrogen and oxygen atoms in total. The standard InChI is InChI=1S/C18H27FOSi/c1-13(2)21(14(3)4,15(5)6)10-9-16-11-18(19)8-7-17(16)12-20/h7-8,11,13-15,20H,12H2,1-6H3. The zero-order valence-corrected chi connectivity index (χ0v) is 15.0. The van der Waals surface area contributed by atoms with E-state index in [1.165, 1.54) is 12.1 Å². The molecule has 0 bridgehead atoms. The van der Waals surface area contributed by atoms with Crippen LogP contribution in [-0.4, -0.2) is 13.2 Å². The molecule has 0 aliphatic rings. The molecule has 0 atom stereocenters. The van der Waals surface area contributed by atoms with Crippen LogP contribution in [0, 0.1) is 17.3 Å². The second-order valence-electron chi connectivity index (χ2n) is 6.61. The minimum atomic E-state index is -1.83. The minimum absolute atomic E-state index is 0.107. The molecule has 0 saturated carbocycles. The van der Waals surface area contributed by atoms with Crippen LogP contribution in [0.1, 0.15) is 52.7 Å². The fourth-order valence-electron chi connectivity index (χ4n) is 3.41. The highest BCUT2D eigenvalue weighted by Gasteiger charge is 2.41. The van der Waals surface area contributed by atoms with Crippen molar-refractivity contribution in [3.05, 3.63) is 35.1 Å². The van der Waals surface area contributed by atoms with E-state index < -0.39 is 8.07 Å². The Kier molecular flexibility index (Phi) is 6.19. The number of hydrogen-bond acceptors (Lipinski definition) is 1. The van der Waals surface area contributed by atoms with Gasteiger partial charge in [-0.15, -0.1) is 5.54 Å². The number of halogens is 1. The van der Waals surface area contributed by atoms with Gasteiger partial charge in [0, 0.05) is 5.56 Å². The van der Waals surface area contributed by atoms with E-state index in [1.807, 2.05) is 0 Å². The van der Waals surface area contributed by atoms with E-state index in [-0.39, 0.29) is 12.4 Å². The lowest BCUT2D eigenvalue weighted by molar-refractivity contribution is 0.281. The Morgan fingerprint density at radius 1 is 1.05 bits per heavy atom. The van der Waals surface area contributed by atoms with E-state index in [0.717, 1.165) is 0 Å². The lowest BCUT2D eigenvalue weighted by Gasteiger charge is -2.38. The van der Waals surface area contributed by atoms with Crippen molar-refractivity contribution in [3.63, 3.8) is 0 Å². The van der Waals surface area contributed by atoms with Gasteiger partial charge in [-0.05, 0) is 34.3 Å². The molecule has 1 N–H and O–H groups in total. The van der Waals surface area contributed by atoms with Crippen molar-refractivity contribution in [1.29, 1.82) is 0 Å². The smallest absolute Gasteiger partial charge is 0.146 e. The van der Waals surface area contributed by atoms with Gasteiger partial charge < -0.3 is 5.11 Å². The molecule has 116 valence electrons. The summed E-state index contributed by atoms with van der Waals surface area (Å²) in [4.78, 5) is 0. The lowest BCUT2D eigenvalue weighted by atomic mass is 10.1. The van der Waals surface area contributed by atoms with Crippen LogP contribution >= 0.6 is 0 Å². The van der Waals surface area contributed by atoms with Crippen molar-refractivity contribution in [1.82, 2.24) is 0 Å². The summed E-state index contributed by atoms with van der Waals surface area (Å²) in [7, 11) is -1.83. The molecule has 0 heterocycles. The molecule has 0 aliphatic carbocycles. The highest BCUT2D eigenvalue weighted by molar-refractivity contribution is 6.90. The second kappa shape index (κ2) is 7.24. The van der Waals surface area contributed by atoms with Crippen LogP contribution in [0.25, 0.3) is 0 Å². The predicted octanol–water partition coefficient (Wildman–Crippen LogP) is 4.89. The van der Waals surface area contributed by atoms with Crippen molar-refractivity contribution in [2.75, 3.05) is 0 Å². The van der Waals surface area contributed by atoms with Crippen LogP contribution < -0.4 is 0 Å². The van der Waals surface area contributed by atoms with E-state index in [4.69, 9.17) is 0 Å². The molecule has 0 saturated heterocycles. The molecule has 0 aromatic heterocycles. The van der Waals surface area contributed by atoms with Crippen LogP contribution in [0.4, 0.5) is 4.39 Å². The maximum Gasteiger partial charge on any atom is 0.146 e. The molecule has 21 heavy (non-hydrogen) atoms. The zero-order chi connectivity index (χ0) is 16.2. The van der Waals surface area contributed by atoms with E-state index in [9.17, 15) is 9.50 Å². The molecule has 0 fully saturated rings. The van der Waals surface area contributed by atoms with Gasteiger partial charge in [-0.1, -0.05) is 53.5 Å². The Hall–Kier alpha value is -1.11. The van der Waals surface area contributed by atoms with Crippen LogP contribution in [0.2, 0.25) is 16.6 Å². The topological polar surface area (TPSA) is 20.2 Å². The van der Waals surface area contributed by atoms with Crippen LogP contribution in [0.5, 0.6) is 0 Å². The van der Waals surface area contributed by atoms with Crippen molar-refractivity contribution in [3.8, 4) is 11.5 Å². The summed E-state index contributed by atoms with van der Waals surface area (Å²) in [6, 6.07) is 4.41. The molecule has 1 aromatic rings. The number of benzene rings is 1. The Labute approximate surface area is 129 Å². The zero-order valence-electron chi connectivity index (χ0n) is 14.0. The van der Waals surface area contributed by atoms with Crippen LogP contribution in [0.15, 0.2) is 18.2 Å². The first-order valence-corrected chi connectivity index (χ1v) is 9.91. The molecule has 0 aliphatic heterocycles. The van der Waals surface area contributed by atoms with E-state index in [2.05, 4.69) is 53.0 Å². The Bertz CT molecular complexity index is 516. The number of hydrogen-bond donors (Lipinski definition) is 1. The maximum absolute atomic E-state index is 13.4. The molecule has 0 spiro atoms. The average molecular weight is 306 g/mol. The summed E-state index contributed by atoms with van der Waals surface area (Å²) in [6.07, 6.45) is 0. The molecule has 0 amide bonds. The van der Waals surface area contributed by atoms with E-state index in [0.29, 0.717) is 27.8 Å². The fraction of sp³-hybridized carbons (Fsp3) is 0.556. The third-order valence-electron chi connectivity index (χ3n) is 4.52. The Morgan fingerprint density at radius 2 is 1.57 bits per heavy atom. The highest BCUT2D eigenvalue weighted by Crippen LogP contribution is 2.40. The minimum Gasteiger partial charge on any atom is -0.392 e. The SMILES string of the molecule is CC(C)[Si](C#Cc1cc(F)ccc1CO)(C(C)C)C(C)C. The highest BCUT2D eigenvalue weighted by atomic mass is 28.3. The van der Waals surface area contributed by atoms with Gasteiger partial charge in [0.05, 0.1) is 6.61 Å². The fourth-order valence-corrected chi connectivity index (χ4v) is 8.63. The quantitative estimate of drug-likeness (QED) is 0.620. The Balaban J connectivity index is 3.38. The van der Waals surface area contributed by atoms with Crippen LogP contribution in [0.3, 0.4) is 0 Å². The summed E-state index contributed by atoms with van der Waals surface area (Å²) >= 11 is 0. The first-order valence-electron chi connectivity index (χ1n) is 7.68. The van der Waals surface area contributed by atoms with Crippen molar-refractivity contribution in [2.45, 2.75) is 64.8 Å². The first kappa shape index (κ1) is 17.9. The van der Waals surface area contributed by atoms with Gasteiger partial charge in [-0.3, -0.25) is 0 Å². The summed E-state index contributed by atoms with van der Waals surface area (Å²) in [5.74, 6) is 2.90. The first-order chi connectivity index (χ1) is 9.75. The van der Waals surface area contributed by atoms with Gasteiger partial charge in [0.2, 0.25) is 0 Å². The van der Waals surface area contributed by atoms with E-state index in [1.54, 1.807) is 6.07 Å². The molecule has 0 radical (unpaired) electrons. The summed E-state index contributed by atoms with van der Waals surface area (Å²) in [5.41, 5.74) is 6.49. The van der Waals surface area contributed by atoms with Crippen molar-refractivity contribution in [2.24, 2.45) is 0 Å². The number of aliphatic hydroxyl groups is 1. The summed E-state index contributed by atoms with van der Waals surface area (Å²) in [5, 5.41) is 9.39. The third kappa shape index (κ3) is 3.75. The molecular formula is C18H27FOSi. The molecular weight excluding hydrogens is 279 g/mol. The summed E-state index contributed by atoms with van der Waals surface area (Å²) < 4.78 is 13.4. The average Bonchev–Trinajstić information content (AvgIpc) is 2.38. The normalized spacial score (nSPS) is 12.0. The van der Waals surface area contributed by atoms with Gasteiger partial charge in [-0.25, -0.2) is 4.39 Å². The molecule has 3 heteroatoms. The second-order valence-corrected chi connectivity index (χ2v) is 12.2. The van der Waals surface area contributed by atoms with Crippen molar-refractivity contribution >= 4 is 8.07 Å². The van der Waals surface area contributed by atoms with Crippen molar-refractivity contribution < 1.29 is 9.50 Å². The van der Waals surface area contributed by atoms with Gasteiger partial charge in [0.1, 0.15) is 13.9 Å². The van der Waals surface area contributed by atoms with Gasteiger partial charge in [-0.2, -0.15) is 0 Å². The summed E-state index contributed by atoms with van der Waals surface area (Å²) in [6.45, 7) is 13.4. The molecule has 1 aromatic carbocycles. The monoisotopic (exact) mass is 306 g/mol. The maximum atomic E-state index is 13.4. The van der Waals surface area contributed by atoms with Crippen LogP contribution in [-0.2, 0) is 6.61 Å². The third-order valence-corrected chi connectivity index (χ3v) is 10.8. The van der Waals surface area contributed by atoms with Gasteiger partial charge in [0.15, 0.2) is 0 Å².